The molecule has 5 rings (SSSR count). The summed E-state index contributed by atoms with van der Waals surface area (Å²) in [4.78, 5) is 0. The second-order valence-corrected chi connectivity index (χ2v) is 7.73. The van der Waals surface area contributed by atoms with Crippen LogP contribution in [0, 0.1) is 5.82 Å². The summed E-state index contributed by atoms with van der Waals surface area (Å²) in [7, 11) is 0. The first-order chi connectivity index (χ1) is 16.7. The van der Waals surface area contributed by atoms with Crippen molar-refractivity contribution in [3.63, 3.8) is 0 Å². The Morgan fingerprint density at radius 1 is 0.971 bits per heavy atom. The van der Waals surface area contributed by atoms with Crippen LogP contribution in [-0.2, 0) is 6.61 Å². The summed E-state index contributed by atoms with van der Waals surface area (Å²) in [6, 6.07) is 25.4. The van der Waals surface area contributed by atoms with E-state index in [9.17, 15) is 4.39 Å². The first-order valence-electron chi connectivity index (χ1n) is 10.4. The first-order valence-corrected chi connectivity index (χ1v) is 10.8. The second kappa shape index (κ2) is 9.68. The molecule has 0 spiro atoms. The summed E-state index contributed by atoms with van der Waals surface area (Å²) >= 11 is 6.18. The number of hydrogen-bond acceptors (Lipinski definition) is 6. The van der Waals surface area contributed by atoms with Crippen LogP contribution in [0.4, 0.5) is 10.2 Å². The largest absolute Gasteiger partial charge is 0.489 e. The smallest absolute Gasteiger partial charge is 0.189 e. The van der Waals surface area contributed by atoms with Gasteiger partial charge >= 0.3 is 0 Å². The maximum absolute atomic E-state index is 14.4. The van der Waals surface area contributed by atoms with E-state index in [1.165, 1.54) is 16.6 Å². The molecule has 5 aromatic rings. The lowest BCUT2D eigenvalue weighted by molar-refractivity contribution is 0.306. The molecule has 0 saturated carbocycles. The third-order valence-corrected chi connectivity index (χ3v) is 5.26. The number of rotatable bonds is 7. The van der Waals surface area contributed by atoms with Crippen molar-refractivity contribution in [2.45, 2.75) is 6.61 Å². The van der Waals surface area contributed by atoms with Crippen LogP contribution < -0.4 is 10.2 Å². The first kappa shape index (κ1) is 21.5. The molecule has 0 atom stereocenters. The van der Waals surface area contributed by atoms with E-state index in [2.05, 4.69) is 25.8 Å². The minimum atomic E-state index is -0.505. The van der Waals surface area contributed by atoms with Crippen LogP contribution in [0.15, 0.2) is 90.0 Å². The van der Waals surface area contributed by atoms with Crippen molar-refractivity contribution < 1.29 is 9.13 Å². The predicted octanol–water partition coefficient (Wildman–Crippen LogP) is 5.61. The normalized spacial score (nSPS) is 11.2. The number of nitrogens with one attached hydrogen (secondary N) is 1. The monoisotopic (exact) mass is 472 g/mol. The number of fused-ring (bicyclic) bond motifs is 1. The van der Waals surface area contributed by atoms with Crippen LogP contribution in [-0.4, -0.2) is 26.0 Å². The van der Waals surface area contributed by atoms with E-state index >= 15 is 0 Å². The molecule has 34 heavy (non-hydrogen) atoms. The molecule has 0 bridgehead atoms. The van der Waals surface area contributed by atoms with Crippen LogP contribution in [0.3, 0.4) is 0 Å². The van der Waals surface area contributed by atoms with E-state index < -0.39 is 5.82 Å². The van der Waals surface area contributed by atoms with Crippen LogP contribution in [0.2, 0.25) is 5.02 Å². The van der Waals surface area contributed by atoms with Gasteiger partial charge in [0.2, 0.25) is 0 Å². The molecular formula is C25H18ClFN6O. The highest BCUT2D eigenvalue weighted by atomic mass is 35.5. The van der Waals surface area contributed by atoms with Gasteiger partial charge in [-0.1, -0.05) is 60.1 Å². The lowest BCUT2D eigenvalue weighted by Crippen LogP contribution is -2.01. The highest BCUT2D eigenvalue weighted by Gasteiger charge is 2.17. The van der Waals surface area contributed by atoms with Gasteiger partial charge in [-0.2, -0.15) is 9.62 Å². The molecule has 0 aliphatic rings. The number of hydrogen-bond donors (Lipinski definition) is 1. The van der Waals surface area contributed by atoms with Crippen LogP contribution >= 0.6 is 11.6 Å². The van der Waals surface area contributed by atoms with Crippen molar-refractivity contribution in [2.75, 3.05) is 5.43 Å². The number of benzene rings is 3. The van der Waals surface area contributed by atoms with Gasteiger partial charge in [-0.05, 0) is 47.5 Å². The van der Waals surface area contributed by atoms with Crippen LogP contribution in [0.1, 0.15) is 11.1 Å². The summed E-state index contributed by atoms with van der Waals surface area (Å²) in [5.74, 6) is 0.861. The molecule has 0 radical (unpaired) electrons. The molecule has 1 N–H and O–H groups in total. The zero-order chi connectivity index (χ0) is 23.3. The number of nitrogens with zero attached hydrogens (tertiary/aromatic N) is 5. The Hall–Kier alpha value is -4.30. The van der Waals surface area contributed by atoms with Crippen LogP contribution in [0.5, 0.6) is 5.75 Å². The van der Waals surface area contributed by atoms with E-state index in [1.807, 2.05) is 54.6 Å². The molecule has 2 heterocycles. The van der Waals surface area contributed by atoms with Gasteiger partial charge in [0, 0.05) is 0 Å². The predicted molar refractivity (Wildman–Crippen MR) is 130 cm³/mol. The second-order valence-electron chi connectivity index (χ2n) is 7.33. The Labute approximate surface area is 199 Å². The van der Waals surface area contributed by atoms with Gasteiger partial charge in [-0.25, -0.2) is 4.39 Å². The van der Waals surface area contributed by atoms with Crippen molar-refractivity contribution in [3.8, 4) is 17.1 Å². The fraction of sp³-hybridized carbons (Fsp3) is 0.0400. The number of aromatic nitrogens is 4. The van der Waals surface area contributed by atoms with Crippen molar-refractivity contribution in [1.82, 2.24) is 19.8 Å². The lowest BCUT2D eigenvalue weighted by atomic mass is 10.2. The number of ether oxygens (including phenoxy) is 1. The molecule has 9 heteroatoms. The number of anilines is 1. The van der Waals surface area contributed by atoms with E-state index in [0.717, 1.165) is 16.9 Å². The van der Waals surface area contributed by atoms with Crippen molar-refractivity contribution >= 4 is 29.3 Å². The topological polar surface area (TPSA) is 76.7 Å². The summed E-state index contributed by atoms with van der Waals surface area (Å²) in [5.41, 5.74) is 5.40. The fourth-order valence-corrected chi connectivity index (χ4v) is 3.56. The molecule has 3 aromatic carbocycles. The van der Waals surface area contributed by atoms with E-state index in [-0.39, 0.29) is 16.4 Å². The average molecular weight is 473 g/mol. The third-order valence-electron chi connectivity index (χ3n) is 4.95. The maximum Gasteiger partial charge on any atom is 0.189 e. The molecule has 0 amide bonds. The molecule has 0 unspecified atom stereocenters. The van der Waals surface area contributed by atoms with Gasteiger partial charge in [0.25, 0.3) is 0 Å². The van der Waals surface area contributed by atoms with Crippen molar-refractivity contribution in [2.24, 2.45) is 5.10 Å². The van der Waals surface area contributed by atoms with E-state index in [1.54, 1.807) is 24.4 Å². The number of hydrazone groups is 1. The summed E-state index contributed by atoms with van der Waals surface area (Å²) < 4.78 is 21.6. The SMILES string of the molecule is Fc1cccc(Cl)c1-c1nnc2ccc(N/N=C/c3cccc(OCc4ccccc4)c3)nn12. The summed E-state index contributed by atoms with van der Waals surface area (Å²) in [6.45, 7) is 0.483. The molecule has 0 aliphatic carbocycles. The molecule has 0 saturated heterocycles. The molecule has 168 valence electrons. The Kier molecular flexibility index (Phi) is 6.13. The van der Waals surface area contributed by atoms with Crippen LogP contribution in [0.25, 0.3) is 17.0 Å². The maximum atomic E-state index is 14.4. The van der Waals surface area contributed by atoms with Gasteiger partial charge in [0.15, 0.2) is 17.3 Å². The fourth-order valence-electron chi connectivity index (χ4n) is 3.31. The Balaban J connectivity index is 1.31. The zero-order valence-electron chi connectivity index (χ0n) is 17.8. The minimum absolute atomic E-state index is 0.136. The van der Waals surface area contributed by atoms with Gasteiger partial charge in [-0.15, -0.1) is 15.3 Å². The minimum Gasteiger partial charge on any atom is -0.489 e. The molecular weight excluding hydrogens is 455 g/mol. The third kappa shape index (κ3) is 4.72. The molecule has 7 nitrogen and oxygen atoms in total. The quantitative estimate of drug-likeness (QED) is 0.246. The van der Waals surface area contributed by atoms with E-state index in [4.69, 9.17) is 16.3 Å². The standard InChI is InChI=1S/C25H18ClFN6O/c26-20-10-5-11-21(27)24(20)25-31-30-23-13-12-22(32-33(23)25)29-28-15-18-8-4-9-19(14-18)34-16-17-6-2-1-3-7-17/h1-15H,16H2,(H,29,32)/b28-15+. The zero-order valence-corrected chi connectivity index (χ0v) is 18.5. The van der Waals surface area contributed by atoms with Gasteiger partial charge in [0.1, 0.15) is 18.2 Å². The average Bonchev–Trinajstić information content (AvgIpc) is 3.27. The Bertz CT molecular complexity index is 1450. The number of halogens is 2. The van der Waals surface area contributed by atoms with E-state index in [0.29, 0.717) is 18.1 Å². The summed E-state index contributed by atoms with van der Waals surface area (Å²) in [6.07, 6.45) is 1.65. The molecule has 0 fully saturated rings. The van der Waals surface area contributed by atoms with Gasteiger partial charge in [0.05, 0.1) is 16.8 Å². The molecule has 0 aliphatic heterocycles. The Morgan fingerprint density at radius 2 is 1.82 bits per heavy atom. The highest BCUT2D eigenvalue weighted by Crippen LogP contribution is 2.29. The van der Waals surface area contributed by atoms with Gasteiger partial charge < -0.3 is 4.74 Å². The highest BCUT2D eigenvalue weighted by molar-refractivity contribution is 6.33. The lowest BCUT2D eigenvalue weighted by Gasteiger charge is -2.07. The van der Waals surface area contributed by atoms with Crippen molar-refractivity contribution in [3.05, 3.63) is 107 Å². The van der Waals surface area contributed by atoms with Crippen molar-refractivity contribution in [1.29, 1.82) is 0 Å². The van der Waals surface area contributed by atoms with Gasteiger partial charge in [-0.3, -0.25) is 5.43 Å². The Morgan fingerprint density at radius 3 is 2.68 bits per heavy atom. The molecule has 2 aromatic heterocycles. The summed E-state index contributed by atoms with van der Waals surface area (Å²) in [5, 5.41) is 17.0.